The SMILES string of the molecule is CN(C)CCn1c(=O)oc2ccc(NC(=O)c3cnn(-c4ccc(Cl)cc4)c3C(F)(F)F)cc21. The number of anilines is 1. The molecule has 0 aliphatic heterocycles. The van der Waals surface area contributed by atoms with Crippen LogP contribution < -0.4 is 11.1 Å². The molecule has 34 heavy (non-hydrogen) atoms. The zero-order chi connectivity index (χ0) is 24.6. The van der Waals surface area contributed by atoms with Crippen LogP contribution in [0.25, 0.3) is 16.8 Å². The fourth-order valence-electron chi connectivity index (χ4n) is 3.42. The smallest absolute Gasteiger partial charge is 0.408 e. The summed E-state index contributed by atoms with van der Waals surface area (Å²) in [7, 11) is 3.70. The van der Waals surface area contributed by atoms with Gasteiger partial charge >= 0.3 is 11.9 Å². The Morgan fingerprint density at radius 3 is 2.53 bits per heavy atom. The molecule has 0 atom stereocenters. The average molecular weight is 494 g/mol. The maximum atomic E-state index is 13.9. The average Bonchev–Trinajstić information content (AvgIpc) is 3.34. The first-order chi connectivity index (χ1) is 16.0. The first kappa shape index (κ1) is 23.6. The Kier molecular flexibility index (Phi) is 6.24. The summed E-state index contributed by atoms with van der Waals surface area (Å²) >= 11 is 5.82. The van der Waals surface area contributed by atoms with Gasteiger partial charge in [0, 0.05) is 23.8 Å². The first-order valence-electron chi connectivity index (χ1n) is 10.1. The van der Waals surface area contributed by atoms with E-state index in [1.165, 1.54) is 47.0 Å². The van der Waals surface area contributed by atoms with Gasteiger partial charge in [-0.05, 0) is 56.6 Å². The van der Waals surface area contributed by atoms with Crippen molar-refractivity contribution in [3.05, 3.63) is 75.5 Å². The molecule has 4 rings (SSSR count). The van der Waals surface area contributed by atoms with Gasteiger partial charge in [-0.15, -0.1) is 0 Å². The zero-order valence-corrected chi connectivity index (χ0v) is 18.8. The van der Waals surface area contributed by atoms with Gasteiger partial charge in [-0.25, -0.2) is 9.48 Å². The number of hydrogen-bond acceptors (Lipinski definition) is 5. The van der Waals surface area contributed by atoms with Crippen molar-refractivity contribution in [2.75, 3.05) is 26.0 Å². The molecule has 2 aromatic heterocycles. The van der Waals surface area contributed by atoms with E-state index in [0.717, 1.165) is 6.20 Å². The summed E-state index contributed by atoms with van der Waals surface area (Å²) in [5.41, 5.74) is -0.866. The molecule has 8 nitrogen and oxygen atoms in total. The van der Waals surface area contributed by atoms with Crippen molar-refractivity contribution in [1.29, 1.82) is 0 Å². The Balaban J connectivity index is 1.68. The van der Waals surface area contributed by atoms with E-state index in [1.54, 1.807) is 0 Å². The Bertz CT molecular complexity index is 1400. The highest BCUT2D eigenvalue weighted by Gasteiger charge is 2.40. The minimum absolute atomic E-state index is 0.0977. The second-order valence-electron chi connectivity index (χ2n) is 7.75. The quantitative estimate of drug-likeness (QED) is 0.433. The largest absolute Gasteiger partial charge is 0.434 e. The van der Waals surface area contributed by atoms with Crippen molar-refractivity contribution < 1.29 is 22.4 Å². The number of fused-ring (bicyclic) bond motifs is 1. The predicted octanol–water partition coefficient (Wildman–Crippen LogP) is 4.27. The van der Waals surface area contributed by atoms with Crippen LogP contribution in [0, 0.1) is 0 Å². The fourth-order valence-corrected chi connectivity index (χ4v) is 3.54. The zero-order valence-electron chi connectivity index (χ0n) is 18.1. The third-order valence-corrected chi connectivity index (χ3v) is 5.30. The fraction of sp³-hybridized carbons (Fsp3) is 0.227. The molecular formula is C22H19ClF3N5O3. The number of oxazole rings is 1. The number of hydrogen-bond donors (Lipinski definition) is 1. The van der Waals surface area contributed by atoms with E-state index in [1.807, 2.05) is 19.0 Å². The van der Waals surface area contributed by atoms with E-state index in [2.05, 4.69) is 10.4 Å². The van der Waals surface area contributed by atoms with Gasteiger partial charge in [0.1, 0.15) is 0 Å². The summed E-state index contributed by atoms with van der Waals surface area (Å²) in [5.74, 6) is -1.57. The van der Waals surface area contributed by atoms with Crippen LogP contribution >= 0.6 is 11.6 Å². The van der Waals surface area contributed by atoms with Crippen molar-refractivity contribution in [3.63, 3.8) is 0 Å². The van der Waals surface area contributed by atoms with E-state index < -0.39 is 29.1 Å². The minimum atomic E-state index is -4.86. The van der Waals surface area contributed by atoms with Gasteiger partial charge in [0.15, 0.2) is 11.3 Å². The number of alkyl halides is 3. The summed E-state index contributed by atoms with van der Waals surface area (Å²) in [5, 5.41) is 6.59. The molecule has 0 saturated heterocycles. The molecule has 0 aliphatic rings. The summed E-state index contributed by atoms with van der Waals surface area (Å²) in [6.45, 7) is 0.895. The van der Waals surface area contributed by atoms with E-state index in [9.17, 15) is 22.8 Å². The van der Waals surface area contributed by atoms with Crippen molar-refractivity contribution in [3.8, 4) is 5.69 Å². The Labute approximate surface area is 196 Å². The van der Waals surface area contributed by atoms with Crippen LogP contribution in [0.3, 0.4) is 0 Å². The minimum Gasteiger partial charge on any atom is -0.408 e. The monoisotopic (exact) mass is 493 g/mol. The molecule has 0 radical (unpaired) electrons. The molecule has 178 valence electrons. The van der Waals surface area contributed by atoms with Crippen molar-refractivity contribution in [2.45, 2.75) is 12.7 Å². The van der Waals surface area contributed by atoms with Crippen LogP contribution in [-0.4, -0.2) is 45.8 Å². The molecule has 2 heterocycles. The second-order valence-corrected chi connectivity index (χ2v) is 8.19. The highest BCUT2D eigenvalue weighted by Crippen LogP contribution is 2.34. The molecule has 0 fully saturated rings. The highest BCUT2D eigenvalue weighted by atomic mass is 35.5. The van der Waals surface area contributed by atoms with E-state index in [-0.39, 0.29) is 11.4 Å². The molecule has 0 saturated carbocycles. The van der Waals surface area contributed by atoms with E-state index >= 15 is 0 Å². The molecule has 4 aromatic rings. The van der Waals surface area contributed by atoms with Crippen molar-refractivity contribution in [1.82, 2.24) is 19.2 Å². The van der Waals surface area contributed by atoms with Crippen molar-refractivity contribution >= 4 is 34.3 Å². The lowest BCUT2D eigenvalue weighted by Crippen LogP contribution is -2.23. The van der Waals surface area contributed by atoms with E-state index in [4.69, 9.17) is 16.0 Å². The van der Waals surface area contributed by atoms with Crippen LogP contribution in [0.1, 0.15) is 16.1 Å². The number of aromatic nitrogens is 3. The number of halogens is 4. The molecule has 12 heteroatoms. The lowest BCUT2D eigenvalue weighted by molar-refractivity contribution is -0.143. The summed E-state index contributed by atoms with van der Waals surface area (Å²) in [6.07, 6.45) is -4.00. The summed E-state index contributed by atoms with van der Waals surface area (Å²) in [6, 6.07) is 9.97. The van der Waals surface area contributed by atoms with Crippen molar-refractivity contribution in [2.24, 2.45) is 0 Å². The van der Waals surface area contributed by atoms with Gasteiger partial charge in [0.25, 0.3) is 5.91 Å². The van der Waals surface area contributed by atoms with Gasteiger partial charge in [-0.1, -0.05) is 11.6 Å². The van der Waals surface area contributed by atoms with Gasteiger partial charge in [0.2, 0.25) is 0 Å². The number of likely N-dealkylation sites (N-methyl/N-ethyl adjacent to an activating group) is 1. The van der Waals surface area contributed by atoms with E-state index in [0.29, 0.717) is 33.9 Å². The van der Waals surface area contributed by atoms with Crippen LogP contribution in [0.2, 0.25) is 5.02 Å². The Morgan fingerprint density at radius 1 is 1.18 bits per heavy atom. The maximum absolute atomic E-state index is 13.9. The molecule has 0 bridgehead atoms. The molecular weight excluding hydrogens is 475 g/mol. The lowest BCUT2D eigenvalue weighted by atomic mass is 10.2. The molecule has 2 aromatic carbocycles. The van der Waals surface area contributed by atoms with Crippen LogP contribution in [0.15, 0.2) is 57.9 Å². The number of nitrogens with one attached hydrogen (secondary N) is 1. The molecule has 1 N–H and O–H groups in total. The maximum Gasteiger partial charge on any atom is 0.434 e. The molecule has 0 spiro atoms. The number of rotatable bonds is 6. The van der Waals surface area contributed by atoms with Gasteiger partial charge < -0.3 is 14.6 Å². The number of amides is 1. The summed E-state index contributed by atoms with van der Waals surface area (Å²) in [4.78, 5) is 26.9. The molecule has 0 unspecified atom stereocenters. The van der Waals surface area contributed by atoms with Gasteiger partial charge in [-0.3, -0.25) is 9.36 Å². The third-order valence-electron chi connectivity index (χ3n) is 5.05. The Hall–Kier alpha value is -3.57. The van der Waals surface area contributed by atoms with Gasteiger partial charge in [0.05, 0.1) is 23.0 Å². The number of nitrogens with zero attached hydrogens (tertiary/aromatic N) is 4. The van der Waals surface area contributed by atoms with Crippen LogP contribution in [-0.2, 0) is 12.7 Å². The lowest BCUT2D eigenvalue weighted by Gasteiger charge is -2.13. The standard InChI is InChI=1S/C22H19ClF3N5O3/c1-29(2)9-10-30-17-11-14(5-8-18(17)34-21(30)33)28-20(32)16-12-27-31(19(16)22(24,25)26)15-6-3-13(23)4-7-15/h3-8,11-12H,9-10H2,1-2H3,(H,28,32). The highest BCUT2D eigenvalue weighted by molar-refractivity contribution is 6.30. The number of benzene rings is 2. The Morgan fingerprint density at radius 2 is 1.88 bits per heavy atom. The third kappa shape index (κ3) is 4.70. The predicted molar refractivity (Wildman–Crippen MR) is 121 cm³/mol. The van der Waals surface area contributed by atoms with Crippen LogP contribution in [0.5, 0.6) is 0 Å². The molecule has 0 aliphatic carbocycles. The normalized spacial score (nSPS) is 12.0. The number of carbonyl (C=O) groups excluding carboxylic acids is 1. The first-order valence-corrected chi connectivity index (χ1v) is 10.4. The van der Waals surface area contributed by atoms with Crippen LogP contribution in [0.4, 0.5) is 18.9 Å². The van der Waals surface area contributed by atoms with Gasteiger partial charge in [-0.2, -0.15) is 18.3 Å². The molecule has 1 amide bonds. The summed E-state index contributed by atoms with van der Waals surface area (Å²) < 4.78 is 48.9. The topological polar surface area (TPSA) is 85.3 Å². The number of carbonyl (C=O) groups is 1. The second kappa shape index (κ2) is 8.99.